The summed E-state index contributed by atoms with van der Waals surface area (Å²) < 4.78 is 1.59. The molecule has 0 spiro atoms. The number of carbonyl (C=O) groups is 1. The molecule has 6 nitrogen and oxygen atoms in total. The number of amides is 2. The van der Waals surface area contributed by atoms with Crippen molar-refractivity contribution in [2.75, 3.05) is 11.9 Å². The molecule has 3 rings (SSSR count). The molecule has 0 saturated carbocycles. The molecule has 3 aromatic rings. The first-order valence-electron chi connectivity index (χ1n) is 7.57. The fourth-order valence-corrected chi connectivity index (χ4v) is 2.95. The Bertz CT molecular complexity index is 784. The second-order valence-electron chi connectivity index (χ2n) is 5.13. The largest absolute Gasteiger partial charge is 0.394 e. The highest BCUT2D eigenvalue weighted by atomic mass is 32.1. The van der Waals surface area contributed by atoms with Gasteiger partial charge in [-0.2, -0.15) is 5.10 Å². The fraction of sp³-hybridized carbons (Fsp3) is 0.176. The molecule has 0 fully saturated rings. The van der Waals surface area contributed by atoms with Crippen LogP contribution in [0.1, 0.15) is 5.56 Å². The number of aliphatic hydroxyl groups is 1. The minimum atomic E-state index is -0.310. The summed E-state index contributed by atoms with van der Waals surface area (Å²) in [4.78, 5) is 13.1. The third-order valence-electron chi connectivity index (χ3n) is 3.40. The van der Waals surface area contributed by atoms with E-state index in [0.29, 0.717) is 18.9 Å². The normalized spacial score (nSPS) is 10.5. The predicted octanol–water partition coefficient (Wildman–Crippen LogP) is 2.93. The molecular formula is C17H18N4O2S. The van der Waals surface area contributed by atoms with Crippen molar-refractivity contribution in [1.82, 2.24) is 15.1 Å². The molecular weight excluding hydrogens is 324 g/mol. The summed E-state index contributed by atoms with van der Waals surface area (Å²) in [6, 6.07) is 15.1. The number of hydrogen-bond donors (Lipinski definition) is 3. The number of hydrogen-bond acceptors (Lipinski definition) is 4. The highest BCUT2D eigenvalue weighted by molar-refractivity contribution is 7.13. The molecule has 2 amide bonds. The van der Waals surface area contributed by atoms with Gasteiger partial charge < -0.3 is 10.4 Å². The molecule has 0 aliphatic heterocycles. The fourth-order valence-electron chi connectivity index (χ4n) is 2.27. The molecule has 7 heteroatoms. The van der Waals surface area contributed by atoms with Crippen LogP contribution in [0, 0.1) is 0 Å². The summed E-state index contributed by atoms with van der Waals surface area (Å²) in [5, 5.41) is 21.2. The molecule has 24 heavy (non-hydrogen) atoms. The van der Waals surface area contributed by atoms with E-state index < -0.39 is 0 Å². The van der Waals surface area contributed by atoms with Crippen molar-refractivity contribution in [2.45, 2.75) is 13.1 Å². The first-order chi connectivity index (χ1) is 11.8. The topological polar surface area (TPSA) is 79.2 Å². The van der Waals surface area contributed by atoms with Crippen LogP contribution in [0.15, 0.2) is 53.9 Å². The van der Waals surface area contributed by atoms with Crippen molar-refractivity contribution in [3.05, 3.63) is 59.5 Å². The lowest BCUT2D eigenvalue weighted by Gasteiger charge is -2.09. The van der Waals surface area contributed by atoms with Crippen LogP contribution in [0.5, 0.6) is 0 Å². The van der Waals surface area contributed by atoms with E-state index in [4.69, 9.17) is 0 Å². The van der Waals surface area contributed by atoms with E-state index in [2.05, 4.69) is 15.7 Å². The molecule has 0 aliphatic carbocycles. The van der Waals surface area contributed by atoms with Crippen LogP contribution in [0.25, 0.3) is 10.6 Å². The number of nitrogens with one attached hydrogen (secondary N) is 2. The summed E-state index contributed by atoms with van der Waals surface area (Å²) in [6.07, 6.45) is 0. The smallest absolute Gasteiger partial charge is 0.320 e. The summed E-state index contributed by atoms with van der Waals surface area (Å²) in [5.41, 5.74) is 1.80. The molecule has 0 aliphatic rings. The van der Waals surface area contributed by atoms with Gasteiger partial charge in [0, 0.05) is 12.6 Å². The van der Waals surface area contributed by atoms with Gasteiger partial charge in [0.15, 0.2) is 0 Å². The molecule has 0 bridgehead atoms. The molecule has 0 atom stereocenters. The Kier molecular flexibility index (Phi) is 5.25. The zero-order valence-electron chi connectivity index (χ0n) is 13.0. The van der Waals surface area contributed by atoms with Crippen molar-refractivity contribution >= 4 is 23.2 Å². The lowest BCUT2D eigenvalue weighted by Crippen LogP contribution is -2.29. The number of aliphatic hydroxyl groups excluding tert-OH is 1. The number of rotatable bonds is 6. The van der Waals surface area contributed by atoms with Crippen molar-refractivity contribution in [1.29, 1.82) is 0 Å². The standard InChI is InChI=1S/C17H18N4O2S/c22-9-8-21-16(11-14(20-21)15-7-4-10-24-15)19-17(23)18-12-13-5-2-1-3-6-13/h1-7,10-11,22H,8-9,12H2,(H2,18,19,23). The Labute approximate surface area is 143 Å². The van der Waals surface area contributed by atoms with E-state index in [0.717, 1.165) is 16.1 Å². The maximum absolute atomic E-state index is 12.1. The molecule has 124 valence electrons. The summed E-state index contributed by atoms with van der Waals surface area (Å²) >= 11 is 1.58. The Morgan fingerprint density at radius 1 is 1.21 bits per heavy atom. The van der Waals surface area contributed by atoms with E-state index in [9.17, 15) is 9.90 Å². The maximum Gasteiger partial charge on any atom is 0.320 e. The van der Waals surface area contributed by atoms with Gasteiger partial charge in [0.05, 0.1) is 18.0 Å². The van der Waals surface area contributed by atoms with Crippen LogP contribution < -0.4 is 10.6 Å². The molecule has 1 aromatic carbocycles. The van der Waals surface area contributed by atoms with E-state index in [1.54, 1.807) is 16.0 Å². The van der Waals surface area contributed by atoms with Gasteiger partial charge in [-0.3, -0.25) is 5.32 Å². The van der Waals surface area contributed by atoms with Gasteiger partial charge in [-0.25, -0.2) is 9.48 Å². The second kappa shape index (κ2) is 7.76. The SMILES string of the molecule is O=C(NCc1ccccc1)Nc1cc(-c2cccs2)nn1CCO. The Balaban J connectivity index is 1.68. The van der Waals surface area contributed by atoms with Crippen LogP contribution >= 0.6 is 11.3 Å². The van der Waals surface area contributed by atoms with E-state index in [1.165, 1.54) is 0 Å². The van der Waals surface area contributed by atoms with Crippen LogP contribution in [-0.2, 0) is 13.1 Å². The Morgan fingerprint density at radius 2 is 2.04 bits per heavy atom. The van der Waals surface area contributed by atoms with E-state index in [1.807, 2.05) is 53.9 Å². The zero-order valence-corrected chi connectivity index (χ0v) is 13.8. The van der Waals surface area contributed by atoms with Gasteiger partial charge in [-0.05, 0) is 17.0 Å². The van der Waals surface area contributed by atoms with Gasteiger partial charge in [-0.15, -0.1) is 11.3 Å². The lowest BCUT2D eigenvalue weighted by molar-refractivity contribution is 0.250. The predicted molar refractivity (Wildman–Crippen MR) is 94.9 cm³/mol. The Hall–Kier alpha value is -2.64. The number of aromatic nitrogens is 2. The third-order valence-corrected chi connectivity index (χ3v) is 4.30. The minimum absolute atomic E-state index is 0.0497. The van der Waals surface area contributed by atoms with Crippen LogP contribution in [0.3, 0.4) is 0 Å². The average Bonchev–Trinajstić information content (AvgIpc) is 3.25. The van der Waals surface area contributed by atoms with Gasteiger partial charge in [0.25, 0.3) is 0 Å². The van der Waals surface area contributed by atoms with Gasteiger partial charge in [-0.1, -0.05) is 36.4 Å². The highest BCUT2D eigenvalue weighted by Gasteiger charge is 2.12. The van der Waals surface area contributed by atoms with Crippen LogP contribution in [0.2, 0.25) is 0 Å². The minimum Gasteiger partial charge on any atom is -0.394 e. The van der Waals surface area contributed by atoms with Gasteiger partial charge in [0.2, 0.25) is 0 Å². The molecule has 2 heterocycles. The van der Waals surface area contributed by atoms with Crippen molar-refractivity contribution in [3.8, 4) is 10.6 Å². The lowest BCUT2D eigenvalue weighted by atomic mass is 10.2. The molecule has 0 radical (unpaired) electrons. The van der Waals surface area contributed by atoms with Gasteiger partial charge in [0.1, 0.15) is 11.5 Å². The first-order valence-corrected chi connectivity index (χ1v) is 8.45. The number of benzene rings is 1. The van der Waals surface area contributed by atoms with Crippen molar-refractivity contribution in [3.63, 3.8) is 0 Å². The average molecular weight is 342 g/mol. The van der Waals surface area contributed by atoms with E-state index in [-0.39, 0.29) is 12.6 Å². The zero-order chi connectivity index (χ0) is 16.8. The Morgan fingerprint density at radius 3 is 2.75 bits per heavy atom. The van der Waals surface area contributed by atoms with Crippen LogP contribution in [0.4, 0.5) is 10.6 Å². The van der Waals surface area contributed by atoms with E-state index >= 15 is 0 Å². The monoisotopic (exact) mass is 342 g/mol. The number of thiophene rings is 1. The van der Waals surface area contributed by atoms with Crippen molar-refractivity contribution < 1.29 is 9.90 Å². The van der Waals surface area contributed by atoms with Crippen molar-refractivity contribution in [2.24, 2.45) is 0 Å². The highest BCUT2D eigenvalue weighted by Crippen LogP contribution is 2.26. The number of nitrogens with zero attached hydrogens (tertiary/aromatic N) is 2. The summed E-state index contributed by atoms with van der Waals surface area (Å²) in [6.45, 7) is 0.712. The number of urea groups is 1. The second-order valence-corrected chi connectivity index (χ2v) is 6.08. The number of carbonyl (C=O) groups excluding carboxylic acids is 1. The van der Waals surface area contributed by atoms with Gasteiger partial charge >= 0.3 is 6.03 Å². The third kappa shape index (κ3) is 4.01. The quantitative estimate of drug-likeness (QED) is 0.644. The number of anilines is 1. The molecule has 0 saturated heterocycles. The first kappa shape index (κ1) is 16.2. The maximum atomic E-state index is 12.1. The molecule has 0 unspecified atom stereocenters. The van der Waals surface area contributed by atoms with Crippen LogP contribution in [-0.4, -0.2) is 27.5 Å². The molecule has 2 aromatic heterocycles. The molecule has 3 N–H and O–H groups in total. The summed E-state index contributed by atoms with van der Waals surface area (Å²) in [7, 11) is 0. The summed E-state index contributed by atoms with van der Waals surface area (Å²) in [5.74, 6) is 0.554.